The Balaban J connectivity index is 1.72. The summed E-state index contributed by atoms with van der Waals surface area (Å²) in [6.45, 7) is 1.31. The van der Waals surface area contributed by atoms with Gasteiger partial charge >= 0.3 is 0 Å². The monoisotopic (exact) mass is 336 g/mol. The normalized spacial score (nSPS) is 29.8. The number of hydrogen-bond donors (Lipinski definition) is 4. The number of fused-ring (bicyclic) bond motifs is 1. The number of nitrogens with two attached hydrogens (primary N) is 2. The van der Waals surface area contributed by atoms with Crippen molar-refractivity contribution in [1.29, 1.82) is 0 Å². The molecule has 0 aliphatic carbocycles. The molecule has 0 saturated carbocycles. The van der Waals surface area contributed by atoms with Gasteiger partial charge in [-0.1, -0.05) is 0 Å². The second-order valence-corrected chi connectivity index (χ2v) is 5.45. The second-order valence-electron chi connectivity index (χ2n) is 5.45. The van der Waals surface area contributed by atoms with E-state index in [1.807, 2.05) is 0 Å². The molecule has 1 fully saturated rings. The molecule has 1 saturated heterocycles. The van der Waals surface area contributed by atoms with E-state index in [1.165, 1.54) is 10.9 Å². The number of aliphatic hydroxyl groups is 2. The summed E-state index contributed by atoms with van der Waals surface area (Å²) in [5.41, 5.74) is 12.4. The van der Waals surface area contributed by atoms with Crippen molar-refractivity contribution in [2.24, 2.45) is 0 Å². The highest BCUT2D eigenvalue weighted by molar-refractivity contribution is 5.82. The van der Waals surface area contributed by atoms with Crippen LogP contribution in [0.4, 0.5) is 11.8 Å². The molecule has 4 rings (SSSR count). The number of anilines is 2. The summed E-state index contributed by atoms with van der Waals surface area (Å²) in [4.78, 5) is 12.1. The third-order valence-corrected chi connectivity index (χ3v) is 3.94. The van der Waals surface area contributed by atoms with Gasteiger partial charge in [-0.2, -0.15) is 9.97 Å². The van der Waals surface area contributed by atoms with Crippen molar-refractivity contribution in [2.75, 3.05) is 18.1 Å². The molecular weight excluding hydrogens is 320 g/mol. The SMILES string of the molecule is CC1OC(C2=C(CO)OC(n3cnc4c(N)nc(N)nc43)C2O)O1. The molecule has 2 aliphatic heterocycles. The van der Waals surface area contributed by atoms with Crippen molar-refractivity contribution in [2.45, 2.75) is 31.8 Å². The van der Waals surface area contributed by atoms with Crippen LogP contribution >= 0.6 is 0 Å². The predicted molar refractivity (Wildman–Crippen MR) is 79.8 cm³/mol. The number of nitrogen functional groups attached to an aromatic ring is 2. The maximum Gasteiger partial charge on any atom is 0.224 e. The lowest BCUT2D eigenvalue weighted by Crippen LogP contribution is -2.43. The van der Waals surface area contributed by atoms with E-state index in [2.05, 4.69) is 15.0 Å². The molecular formula is C13H16N6O5. The summed E-state index contributed by atoms with van der Waals surface area (Å²) >= 11 is 0. The lowest BCUT2D eigenvalue weighted by molar-refractivity contribution is -0.362. The highest BCUT2D eigenvalue weighted by atomic mass is 16.9. The Morgan fingerprint density at radius 2 is 2.04 bits per heavy atom. The number of rotatable bonds is 3. The van der Waals surface area contributed by atoms with Crippen LogP contribution in [-0.2, 0) is 14.2 Å². The van der Waals surface area contributed by atoms with Gasteiger partial charge in [0, 0.05) is 0 Å². The van der Waals surface area contributed by atoms with Crippen LogP contribution in [0.5, 0.6) is 0 Å². The predicted octanol–water partition coefficient (Wildman–Crippen LogP) is -1.15. The van der Waals surface area contributed by atoms with E-state index < -0.39 is 25.2 Å². The first-order chi connectivity index (χ1) is 11.5. The molecule has 0 spiro atoms. The Bertz CT molecular complexity index is 830. The quantitative estimate of drug-likeness (QED) is 0.537. The highest BCUT2D eigenvalue weighted by Crippen LogP contribution is 2.40. The molecule has 128 valence electrons. The summed E-state index contributed by atoms with van der Waals surface area (Å²) in [7, 11) is 0. The van der Waals surface area contributed by atoms with Gasteiger partial charge in [0.25, 0.3) is 0 Å². The zero-order valence-electron chi connectivity index (χ0n) is 12.7. The van der Waals surface area contributed by atoms with E-state index in [-0.39, 0.29) is 23.8 Å². The van der Waals surface area contributed by atoms with Crippen molar-refractivity contribution < 1.29 is 24.4 Å². The number of nitrogens with zero attached hydrogens (tertiary/aromatic N) is 4. The maximum absolute atomic E-state index is 10.6. The van der Waals surface area contributed by atoms with E-state index >= 15 is 0 Å². The third kappa shape index (κ3) is 2.10. The van der Waals surface area contributed by atoms with Crippen LogP contribution in [0.2, 0.25) is 0 Å². The van der Waals surface area contributed by atoms with Crippen LogP contribution < -0.4 is 11.5 Å². The molecule has 0 bridgehead atoms. The smallest absolute Gasteiger partial charge is 0.224 e. The standard InChI is InChI=1S/C13H16N6O5/c1-4-22-12(23-4)6-5(2-20)24-11(8(6)21)19-3-16-7-9(14)17-13(15)18-10(7)19/h3-4,8,11-12,20-21H,2H2,1H3,(H4,14,15,17,18). The largest absolute Gasteiger partial charge is 0.469 e. The van der Waals surface area contributed by atoms with Gasteiger partial charge in [-0.15, -0.1) is 0 Å². The molecule has 2 aromatic rings. The summed E-state index contributed by atoms with van der Waals surface area (Å²) in [5, 5.41) is 20.1. The second kappa shape index (κ2) is 5.27. The molecule has 2 aromatic heterocycles. The van der Waals surface area contributed by atoms with Gasteiger partial charge in [0.15, 0.2) is 24.0 Å². The molecule has 2 aliphatic rings. The summed E-state index contributed by atoms with van der Waals surface area (Å²) in [6.07, 6.45) is -1.77. The van der Waals surface area contributed by atoms with Crippen molar-refractivity contribution in [3.63, 3.8) is 0 Å². The zero-order chi connectivity index (χ0) is 17.0. The van der Waals surface area contributed by atoms with Crippen LogP contribution in [0.25, 0.3) is 11.2 Å². The number of imidazole rings is 1. The average Bonchev–Trinajstić information content (AvgIpc) is 3.05. The van der Waals surface area contributed by atoms with Gasteiger partial charge < -0.3 is 35.9 Å². The lowest BCUT2D eigenvalue weighted by atomic mass is 10.1. The minimum absolute atomic E-state index is 0.0238. The van der Waals surface area contributed by atoms with Gasteiger partial charge in [-0.25, -0.2) is 4.98 Å². The van der Waals surface area contributed by atoms with Crippen LogP contribution in [0.3, 0.4) is 0 Å². The highest BCUT2D eigenvalue weighted by Gasteiger charge is 2.45. The van der Waals surface area contributed by atoms with Crippen LogP contribution in [-0.4, -0.2) is 55.0 Å². The molecule has 0 radical (unpaired) electrons. The van der Waals surface area contributed by atoms with Crippen molar-refractivity contribution in [3.05, 3.63) is 17.7 Å². The van der Waals surface area contributed by atoms with Gasteiger partial charge in [0.1, 0.15) is 30.3 Å². The van der Waals surface area contributed by atoms with E-state index in [4.69, 9.17) is 25.7 Å². The van der Waals surface area contributed by atoms with E-state index in [0.29, 0.717) is 16.7 Å². The molecule has 11 heteroatoms. The van der Waals surface area contributed by atoms with Crippen molar-refractivity contribution in [1.82, 2.24) is 19.5 Å². The van der Waals surface area contributed by atoms with E-state index in [1.54, 1.807) is 6.92 Å². The van der Waals surface area contributed by atoms with Gasteiger partial charge in [0.05, 0.1) is 5.57 Å². The molecule has 11 nitrogen and oxygen atoms in total. The van der Waals surface area contributed by atoms with Crippen LogP contribution in [0.1, 0.15) is 13.2 Å². The lowest BCUT2D eigenvalue weighted by Gasteiger charge is -2.35. The Hall–Kier alpha value is -2.47. The molecule has 2 atom stereocenters. The molecule has 6 N–H and O–H groups in total. The maximum atomic E-state index is 10.6. The molecule has 2 unspecified atom stereocenters. The first kappa shape index (κ1) is 15.1. The molecule has 0 aromatic carbocycles. The minimum Gasteiger partial charge on any atom is -0.469 e. The first-order valence-corrected chi connectivity index (χ1v) is 7.24. The van der Waals surface area contributed by atoms with Crippen LogP contribution in [0, 0.1) is 0 Å². The Morgan fingerprint density at radius 1 is 1.29 bits per heavy atom. The number of ether oxygens (including phenoxy) is 3. The van der Waals surface area contributed by atoms with E-state index in [9.17, 15) is 10.2 Å². The fourth-order valence-electron chi connectivity index (χ4n) is 2.85. The fraction of sp³-hybridized carbons (Fsp3) is 0.462. The Labute approximate surface area is 135 Å². The molecule has 0 amide bonds. The first-order valence-electron chi connectivity index (χ1n) is 7.24. The molecule has 4 heterocycles. The number of hydrogen-bond acceptors (Lipinski definition) is 10. The summed E-state index contributed by atoms with van der Waals surface area (Å²) in [6, 6.07) is 0. The molecule has 24 heavy (non-hydrogen) atoms. The Morgan fingerprint density at radius 3 is 2.71 bits per heavy atom. The fourth-order valence-corrected chi connectivity index (χ4v) is 2.85. The van der Waals surface area contributed by atoms with Gasteiger partial charge in [-0.3, -0.25) is 4.57 Å². The summed E-state index contributed by atoms with van der Waals surface area (Å²) < 4.78 is 17.9. The third-order valence-electron chi connectivity index (χ3n) is 3.94. The van der Waals surface area contributed by atoms with Crippen molar-refractivity contribution >= 4 is 22.9 Å². The van der Waals surface area contributed by atoms with Crippen molar-refractivity contribution in [3.8, 4) is 0 Å². The summed E-state index contributed by atoms with van der Waals surface area (Å²) in [5.74, 6) is 0.282. The van der Waals surface area contributed by atoms with Crippen LogP contribution in [0.15, 0.2) is 17.7 Å². The van der Waals surface area contributed by atoms with Gasteiger partial charge in [0.2, 0.25) is 12.2 Å². The number of aromatic nitrogens is 4. The topological polar surface area (TPSA) is 164 Å². The average molecular weight is 336 g/mol. The number of aliphatic hydroxyl groups excluding tert-OH is 2. The minimum atomic E-state index is -1.13. The Kier molecular flexibility index (Phi) is 3.31. The van der Waals surface area contributed by atoms with Gasteiger partial charge in [-0.05, 0) is 6.92 Å². The van der Waals surface area contributed by atoms with E-state index in [0.717, 1.165) is 0 Å². The zero-order valence-corrected chi connectivity index (χ0v) is 12.7.